The van der Waals surface area contributed by atoms with Gasteiger partial charge in [0, 0.05) is 17.7 Å². The molecule has 5 atom stereocenters. The van der Waals surface area contributed by atoms with Crippen LogP contribution in [0, 0.1) is 16.7 Å². The number of hydrogen-bond donors (Lipinski definition) is 1. The molecule has 4 heteroatoms. The van der Waals surface area contributed by atoms with Crippen LogP contribution in [0.4, 0.5) is 0 Å². The Labute approximate surface area is 137 Å². The Hall–Kier alpha value is -0.800. The number of aliphatic hydroxyl groups is 1. The van der Waals surface area contributed by atoms with E-state index >= 15 is 0 Å². The number of allylic oxidation sites excluding steroid dienone is 1. The molecule has 22 heavy (non-hydrogen) atoms. The van der Waals surface area contributed by atoms with Crippen LogP contribution in [-0.4, -0.2) is 28.5 Å². The van der Waals surface area contributed by atoms with Gasteiger partial charge in [-0.3, -0.25) is 4.79 Å². The van der Waals surface area contributed by atoms with Gasteiger partial charge in [-0.15, -0.1) is 11.6 Å². The number of carbonyl (C=O) groups excluding carboxylic acids is 1. The summed E-state index contributed by atoms with van der Waals surface area (Å²) in [6.07, 6.45) is 7.52. The number of fused-ring (bicyclic) bond motifs is 1. The molecule has 2 fully saturated rings. The van der Waals surface area contributed by atoms with E-state index in [4.69, 9.17) is 16.3 Å². The van der Waals surface area contributed by atoms with Crippen molar-refractivity contribution in [3.8, 4) is 0 Å². The summed E-state index contributed by atoms with van der Waals surface area (Å²) in [5.41, 5.74) is -1.68. The maximum Gasteiger partial charge on any atom is 0.141 e. The largest absolute Gasteiger partial charge is 0.490 e. The molecule has 2 aliphatic carbocycles. The second-order valence-corrected chi connectivity index (χ2v) is 7.86. The van der Waals surface area contributed by atoms with Crippen LogP contribution < -0.4 is 0 Å². The zero-order valence-electron chi connectivity index (χ0n) is 13.4. The van der Waals surface area contributed by atoms with Gasteiger partial charge in [0.2, 0.25) is 0 Å². The number of hydrogen-bond acceptors (Lipinski definition) is 3. The molecule has 0 bridgehead atoms. The summed E-state index contributed by atoms with van der Waals surface area (Å²) >= 11 is 5.88. The van der Waals surface area contributed by atoms with Crippen molar-refractivity contribution in [2.24, 2.45) is 16.7 Å². The number of ketones is 1. The average Bonchev–Trinajstić information content (AvgIpc) is 2.65. The first-order valence-corrected chi connectivity index (χ1v) is 8.68. The molecule has 0 aromatic rings. The smallest absolute Gasteiger partial charge is 0.141 e. The van der Waals surface area contributed by atoms with Crippen LogP contribution in [0.2, 0.25) is 0 Å². The Morgan fingerprint density at radius 3 is 2.82 bits per heavy atom. The lowest BCUT2D eigenvalue weighted by molar-refractivity contribution is -0.252. The lowest BCUT2D eigenvalue weighted by Crippen LogP contribution is -2.66. The van der Waals surface area contributed by atoms with Crippen LogP contribution in [0.1, 0.15) is 46.0 Å². The monoisotopic (exact) mass is 324 g/mol. The minimum Gasteiger partial charge on any atom is -0.490 e. The normalized spacial score (nSPS) is 45.2. The molecule has 0 aromatic heterocycles. The van der Waals surface area contributed by atoms with Crippen LogP contribution in [0.25, 0.3) is 0 Å². The standard InChI is InChI=1S/C18H25ClO3/c1-12-18(15(21)16(2)8-5-4-6-9-16)11-14(20)13(7-10-19)17(18,3)22-12/h5,8,13,15,21H,1,4,6-7,9-11H2,2-3H3/t13-,15-,16+,17-,18-/m0/s1. The first-order chi connectivity index (χ1) is 10.3. The molecule has 1 N–H and O–H groups in total. The third-order valence-corrected chi connectivity index (χ3v) is 6.52. The molecular formula is C18H25ClO3. The SMILES string of the molecule is C=C1O[C@@]2(C)[C@@H](CCCl)C(=O)C[C@@]12[C@@H](O)[C@]1(C)C=CCCC1. The summed E-state index contributed by atoms with van der Waals surface area (Å²) < 4.78 is 5.89. The van der Waals surface area contributed by atoms with Crippen LogP contribution in [-0.2, 0) is 9.53 Å². The van der Waals surface area contributed by atoms with Crippen LogP contribution in [0.5, 0.6) is 0 Å². The first kappa shape index (κ1) is 16.1. The maximum absolute atomic E-state index is 12.6. The van der Waals surface area contributed by atoms with E-state index in [0.29, 0.717) is 24.5 Å². The van der Waals surface area contributed by atoms with E-state index in [1.807, 2.05) is 6.92 Å². The minimum atomic E-state index is -0.677. The highest BCUT2D eigenvalue weighted by Gasteiger charge is 2.76. The highest BCUT2D eigenvalue weighted by atomic mass is 35.5. The van der Waals surface area contributed by atoms with Crippen molar-refractivity contribution < 1.29 is 14.6 Å². The molecule has 0 spiro atoms. The predicted molar refractivity (Wildman–Crippen MR) is 86.6 cm³/mol. The molecule has 3 rings (SSSR count). The summed E-state index contributed by atoms with van der Waals surface area (Å²) in [6.45, 7) is 8.03. The van der Waals surface area contributed by atoms with Crippen molar-refractivity contribution in [1.82, 2.24) is 0 Å². The van der Waals surface area contributed by atoms with Crippen molar-refractivity contribution >= 4 is 17.4 Å². The summed E-state index contributed by atoms with van der Waals surface area (Å²) in [5, 5.41) is 11.3. The molecule has 1 saturated heterocycles. The van der Waals surface area contributed by atoms with Gasteiger partial charge in [-0.2, -0.15) is 0 Å². The Balaban J connectivity index is 2.00. The van der Waals surface area contributed by atoms with Crippen LogP contribution in [0.3, 0.4) is 0 Å². The molecule has 0 amide bonds. The third-order valence-electron chi connectivity index (χ3n) is 6.30. The highest BCUT2D eigenvalue weighted by Crippen LogP contribution is 2.68. The molecule has 0 radical (unpaired) electrons. The molecule has 0 aromatic carbocycles. The summed E-state index contributed by atoms with van der Waals surface area (Å²) in [6, 6.07) is 0. The van der Waals surface area contributed by atoms with Crippen molar-refractivity contribution in [1.29, 1.82) is 0 Å². The number of carbonyl (C=O) groups is 1. The molecule has 1 saturated carbocycles. The lowest BCUT2D eigenvalue weighted by Gasteiger charge is -2.61. The molecule has 122 valence electrons. The predicted octanol–water partition coefficient (Wildman–Crippen LogP) is 3.60. The van der Waals surface area contributed by atoms with E-state index in [0.717, 1.165) is 19.3 Å². The number of aliphatic hydroxyl groups excluding tert-OH is 1. The van der Waals surface area contributed by atoms with E-state index in [-0.39, 0.29) is 17.1 Å². The Kier molecular flexibility index (Phi) is 3.73. The van der Waals surface area contributed by atoms with Gasteiger partial charge in [-0.05, 0) is 32.6 Å². The second-order valence-electron chi connectivity index (χ2n) is 7.48. The fraction of sp³-hybridized carbons (Fsp3) is 0.722. The van der Waals surface area contributed by atoms with Gasteiger partial charge in [0.1, 0.15) is 22.6 Å². The Morgan fingerprint density at radius 2 is 2.27 bits per heavy atom. The van der Waals surface area contributed by atoms with Gasteiger partial charge in [-0.25, -0.2) is 0 Å². The van der Waals surface area contributed by atoms with Crippen LogP contribution in [0.15, 0.2) is 24.5 Å². The fourth-order valence-corrected chi connectivity index (χ4v) is 5.14. The Morgan fingerprint density at radius 1 is 1.55 bits per heavy atom. The number of alkyl halides is 1. The summed E-state index contributed by atoms with van der Waals surface area (Å²) in [5.74, 6) is 0.879. The van der Waals surface area contributed by atoms with Crippen molar-refractivity contribution in [2.45, 2.75) is 57.7 Å². The zero-order chi connectivity index (χ0) is 16.2. The molecule has 1 aliphatic heterocycles. The first-order valence-electron chi connectivity index (χ1n) is 8.15. The van der Waals surface area contributed by atoms with Gasteiger partial charge in [0.15, 0.2) is 0 Å². The topological polar surface area (TPSA) is 46.5 Å². The zero-order valence-corrected chi connectivity index (χ0v) is 14.2. The van der Waals surface area contributed by atoms with E-state index in [1.165, 1.54) is 0 Å². The van der Waals surface area contributed by atoms with E-state index in [9.17, 15) is 9.90 Å². The second kappa shape index (κ2) is 5.10. The average molecular weight is 325 g/mol. The molecule has 3 aliphatic rings. The minimum absolute atomic E-state index is 0.143. The molecular weight excluding hydrogens is 300 g/mol. The molecule has 3 nitrogen and oxygen atoms in total. The van der Waals surface area contributed by atoms with E-state index in [2.05, 4.69) is 25.7 Å². The van der Waals surface area contributed by atoms with Gasteiger partial charge in [-0.1, -0.05) is 25.7 Å². The van der Waals surface area contributed by atoms with Gasteiger partial charge < -0.3 is 9.84 Å². The van der Waals surface area contributed by atoms with Gasteiger partial charge in [0.05, 0.1) is 12.0 Å². The molecule has 0 unspecified atom stereocenters. The summed E-state index contributed by atoms with van der Waals surface area (Å²) in [4.78, 5) is 12.6. The number of halogens is 1. The third kappa shape index (κ3) is 1.81. The fourth-order valence-electron chi connectivity index (χ4n) is 4.92. The number of ether oxygens (including phenoxy) is 1. The summed E-state index contributed by atoms with van der Waals surface area (Å²) in [7, 11) is 0. The number of Topliss-reactive ketones (excluding diaryl/α,β-unsaturated/α-hetero) is 1. The number of rotatable bonds is 4. The lowest BCUT2D eigenvalue weighted by atomic mass is 9.55. The van der Waals surface area contributed by atoms with E-state index < -0.39 is 17.1 Å². The Bertz CT molecular complexity index is 542. The highest BCUT2D eigenvalue weighted by molar-refractivity contribution is 6.18. The van der Waals surface area contributed by atoms with Crippen molar-refractivity contribution in [3.63, 3.8) is 0 Å². The van der Waals surface area contributed by atoms with Crippen molar-refractivity contribution in [2.75, 3.05) is 5.88 Å². The van der Waals surface area contributed by atoms with E-state index in [1.54, 1.807) is 0 Å². The van der Waals surface area contributed by atoms with Crippen molar-refractivity contribution in [3.05, 3.63) is 24.5 Å². The quantitative estimate of drug-likeness (QED) is 0.635. The maximum atomic E-state index is 12.6. The van der Waals surface area contributed by atoms with Gasteiger partial charge in [0.25, 0.3) is 0 Å². The van der Waals surface area contributed by atoms with Gasteiger partial charge >= 0.3 is 0 Å². The molecule has 1 heterocycles. The van der Waals surface area contributed by atoms with Crippen LogP contribution >= 0.6 is 11.6 Å².